The van der Waals surface area contributed by atoms with Crippen molar-refractivity contribution in [3.8, 4) is 23.0 Å². The Morgan fingerprint density at radius 1 is 0.882 bits per heavy atom. The van der Waals surface area contributed by atoms with Gasteiger partial charge in [-0.3, -0.25) is 19.9 Å². The summed E-state index contributed by atoms with van der Waals surface area (Å²) < 4.78 is 10.8. The largest absolute Gasteiger partial charge is 0.508 e. The van der Waals surface area contributed by atoms with Gasteiger partial charge in [0.1, 0.15) is 11.5 Å². The van der Waals surface area contributed by atoms with Crippen molar-refractivity contribution in [1.82, 2.24) is 9.80 Å². The van der Waals surface area contributed by atoms with Crippen molar-refractivity contribution in [1.29, 1.82) is 0 Å². The van der Waals surface area contributed by atoms with Gasteiger partial charge in [0.05, 0.1) is 36.9 Å². The Morgan fingerprint density at radius 3 is 1.79 bits per heavy atom. The molecule has 0 spiro atoms. The van der Waals surface area contributed by atoms with E-state index in [1.165, 1.54) is 20.3 Å². The Labute approximate surface area is 197 Å². The summed E-state index contributed by atoms with van der Waals surface area (Å²) in [5.74, 6) is 1.000. The molecular weight excluding hydrogens is 438 g/mol. The van der Waals surface area contributed by atoms with E-state index in [1.54, 1.807) is 30.3 Å². The molecule has 0 bridgehead atoms. The molecule has 0 atom stereocenters. The maximum absolute atomic E-state index is 12.1. The summed E-state index contributed by atoms with van der Waals surface area (Å²) in [6.45, 7) is 2.00. The summed E-state index contributed by atoms with van der Waals surface area (Å²) in [6.07, 6.45) is -0.501. The second-order valence-corrected chi connectivity index (χ2v) is 8.10. The van der Waals surface area contributed by atoms with Gasteiger partial charge in [-0.05, 0) is 18.2 Å². The van der Waals surface area contributed by atoms with Gasteiger partial charge in [0.15, 0.2) is 11.5 Å². The highest BCUT2D eigenvalue weighted by molar-refractivity contribution is 5.55. The van der Waals surface area contributed by atoms with Gasteiger partial charge in [0.2, 0.25) is 0 Å². The maximum atomic E-state index is 12.1. The van der Waals surface area contributed by atoms with Crippen LogP contribution in [0.4, 0.5) is 5.69 Å². The second-order valence-electron chi connectivity index (χ2n) is 8.10. The molecule has 0 amide bonds. The van der Waals surface area contributed by atoms with Crippen molar-refractivity contribution >= 4 is 5.69 Å². The summed E-state index contributed by atoms with van der Waals surface area (Å²) in [5, 5.41) is 32.8. The van der Waals surface area contributed by atoms with Gasteiger partial charge in [0.25, 0.3) is 5.69 Å². The van der Waals surface area contributed by atoms with Crippen molar-refractivity contribution in [2.45, 2.75) is 19.3 Å². The van der Waals surface area contributed by atoms with Gasteiger partial charge in [-0.1, -0.05) is 36.4 Å². The number of nitro groups is 1. The van der Waals surface area contributed by atoms with Crippen molar-refractivity contribution in [2.24, 2.45) is 0 Å². The van der Waals surface area contributed by atoms with Gasteiger partial charge >= 0.3 is 0 Å². The maximum Gasteiger partial charge on any atom is 0.279 e. The number of nitrogens with zero attached hydrogens (tertiary/aromatic N) is 3. The molecule has 4 rings (SSSR count). The van der Waals surface area contributed by atoms with Crippen LogP contribution in [0, 0.1) is 10.1 Å². The molecule has 178 valence electrons. The molecule has 1 aliphatic rings. The van der Waals surface area contributed by atoms with Gasteiger partial charge in [-0.15, -0.1) is 0 Å². The molecule has 1 heterocycles. The zero-order chi connectivity index (χ0) is 24.2. The number of ether oxygens (including phenoxy) is 2. The fourth-order valence-electron chi connectivity index (χ4n) is 4.43. The van der Waals surface area contributed by atoms with E-state index >= 15 is 0 Å². The molecule has 0 unspecified atom stereocenters. The van der Waals surface area contributed by atoms with E-state index < -0.39 is 11.1 Å². The second kappa shape index (κ2) is 9.98. The normalized spacial score (nSPS) is 14.9. The molecule has 0 radical (unpaired) electrons. The van der Waals surface area contributed by atoms with Crippen LogP contribution in [0.2, 0.25) is 0 Å². The van der Waals surface area contributed by atoms with E-state index in [-0.39, 0.29) is 22.9 Å². The van der Waals surface area contributed by atoms with Crippen molar-refractivity contribution < 1.29 is 24.6 Å². The van der Waals surface area contributed by atoms with E-state index in [2.05, 4.69) is 9.80 Å². The molecule has 34 heavy (non-hydrogen) atoms. The molecule has 3 aromatic rings. The minimum atomic E-state index is -0.501. The smallest absolute Gasteiger partial charge is 0.279 e. The van der Waals surface area contributed by atoms with E-state index in [9.17, 15) is 20.3 Å². The number of hydrogen-bond donors (Lipinski definition) is 2. The first-order valence-electron chi connectivity index (χ1n) is 10.8. The molecular formula is C25H27N3O6. The molecule has 0 saturated carbocycles. The first kappa shape index (κ1) is 23.3. The first-order chi connectivity index (χ1) is 16.4. The van der Waals surface area contributed by atoms with Crippen LogP contribution in [0.5, 0.6) is 23.0 Å². The summed E-state index contributed by atoms with van der Waals surface area (Å²) in [6, 6.07) is 17.1. The van der Waals surface area contributed by atoms with E-state index in [4.69, 9.17) is 9.47 Å². The summed E-state index contributed by atoms with van der Waals surface area (Å²) >= 11 is 0. The van der Waals surface area contributed by atoms with Crippen molar-refractivity contribution in [2.75, 3.05) is 27.3 Å². The molecule has 3 aromatic carbocycles. The number of phenolic OH excluding ortho intramolecular Hbond substituents is 2. The number of phenols is 2. The molecule has 1 aliphatic heterocycles. The van der Waals surface area contributed by atoms with E-state index in [0.29, 0.717) is 37.5 Å². The molecule has 9 nitrogen and oxygen atoms in total. The lowest BCUT2D eigenvalue weighted by Gasteiger charge is -2.31. The van der Waals surface area contributed by atoms with Crippen LogP contribution in [-0.4, -0.2) is 52.2 Å². The van der Waals surface area contributed by atoms with Crippen LogP contribution < -0.4 is 9.47 Å². The Hall–Kier alpha value is -3.82. The topological polar surface area (TPSA) is 109 Å². The van der Waals surface area contributed by atoms with Crippen LogP contribution in [0.25, 0.3) is 0 Å². The molecule has 1 fully saturated rings. The third kappa shape index (κ3) is 4.61. The Morgan fingerprint density at radius 2 is 1.35 bits per heavy atom. The fourth-order valence-corrected chi connectivity index (χ4v) is 4.43. The number of aromatic hydroxyl groups is 2. The SMILES string of the molecule is COc1cc(C2N(Cc3ccccc3O)CCN2Cc2ccccc2O)c([N+](=O)[O-])cc1OC. The average molecular weight is 466 g/mol. The number of para-hydroxylation sites is 2. The number of rotatable bonds is 8. The van der Waals surface area contributed by atoms with Crippen LogP contribution >= 0.6 is 0 Å². The minimum absolute atomic E-state index is 0.0888. The lowest BCUT2D eigenvalue weighted by atomic mass is 10.1. The highest BCUT2D eigenvalue weighted by atomic mass is 16.6. The average Bonchev–Trinajstić information content (AvgIpc) is 3.22. The predicted molar refractivity (Wildman–Crippen MR) is 126 cm³/mol. The molecule has 9 heteroatoms. The lowest BCUT2D eigenvalue weighted by Crippen LogP contribution is -2.31. The van der Waals surface area contributed by atoms with Crippen molar-refractivity contribution in [3.63, 3.8) is 0 Å². The predicted octanol–water partition coefficient (Wildman–Crippen LogP) is 4.04. The fraction of sp³-hybridized carbons (Fsp3) is 0.280. The van der Waals surface area contributed by atoms with Gasteiger partial charge < -0.3 is 19.7 Å². The summed E-state index contributed by atoms with van der Waals surface area (Å²) in [5.41, 5.74) is 1.81. The Bertz CT molecular complexity index is 1130. The molecule has 2 N–H and O–H groups in total. The van der Waals surface area contributed by atoms with Crippen LogP contribution in [0.1, 0.15) is 22.9 Å². The van der Waals surface area contributed by atoms with Crippen LogP contribution in [0.3, 0.4) is 0 Å². The lowest BCUT2D eigenvalue weighted by molar-refractivity contribution is -0.386. The van der Waals surface area contributed by atoms with Gasteiger partial charge in [0, 0.05) is 37.3 Å². The Balaban J connectivity index is 1.80. The number of nitro benzene ring substituents is 1. The molecule has 1 saturated heterocycles. The zero-order valence-electron chi connectivity index (χ0n) is 19.0. The first-order valence-corrected chi connectivity index (χ1v) is 10.8. The minimum Gasteiger partial charge on any atom is -0.508 e. The van der Waals surface area contributed by atoms with Crippen LogP contribution in [0.15, 0.2) is 60.7 Å². The van der Waals surface area contributed by atoms with Gasteiger partial charge in [-0.2, -0.15) is 0 Å². The third-order valence-electron chi connectivity index (χ3n) is 6.10. The molecule has 0 aromatic heterocycles. The van der Waals surface area contributed by atoms with E-state index in [1.807, 2.05) is 24.3 Å². The monoisotopic (exact) mass is 465 g/mol. The number of methoxy groups -OCH3 is 2. The molecule has 0 aliphatic carbocycles. The number of benzene rings is 3. The quantitative estimate of drug-likeness (QED) is 0.379. The standard InChI is InChI=1S/C25H27N3O6/c1-33-23-13-19(20(28(31)32)14-24(23)34-2)25-26(15-17-7-3-5-9-21(17)29)11-12-27(25)16-18-8-4-6-10-22(18)30/h3-10,13-14,25,29-30H,11-12,15-16H2,1-2H3. The van der Waals surface area contributed by atoms with Gasteiger partial charge in [-0.25, -0.2) is 0 Å². The van der Waals surface area contributed by atoms with Crippen LogP contribution in [-0.2, 0) is 13.1 Å². The van der Waals surface area contributed by atoms with E-state index in [0.717, 1.165) is 11.1 Å². The number of hydrogen-bond acceptors (Lipinski definition) is 8. The Kier molecular flexibility index (Phi) is 6.85. The zero-order valence-corrected chi connectivity index (χ0v) is 19.0. The third-order valence-corrected chi connectivity index (χ3v) is 6.10. The highest BCUT2D eigenvalue weighted by Crippen LogP contribution is 2.43. The van der Waals surface area contributed by atoms with Crippen molar-refractivity contribution in [3.05, 3.63) is 87.5 Å². The highest BCUT2D eigenvalue weighted by Gasteiger charge is 2.38. The summed E-state index contributed by atoms with van der Waals surface area (Å²) in [7, 11) is 2.92. The summed E-state index contributed by atoms with van der Waals surface area (Å²) in [4.78, 5) is 15.8.